The number of nitrogens with zero attached hydrogens (tertiary/aromatic N) is 2. The smallest absolute Gasteiger partial charge is 0.272 e. The van der Waals surface area contributed by atoms with Crippen LogP contribution in [-0.4, -0.2) is 59.9 Å². The largest absolute Gasteiger partial charge is 0.377 e. The molecule has 6 nitrogen and oxygen atoms in total. The summed E-state index contributed by atoms with van der Waals surface area (Å²) in [7, 11) is 0. The zero-order valence-electron chi connectivity index (χ0n) is 15.2. The second kappa shape index (κ2) is 7.62. The molecule has 1 aromatic heterocycles. The molecule has 0 aliphatic carbocycles. The van der Waals surface area contributed by atoms with E-state index in [1.54, 1.807) is 0 Å². The highest BCUT2D eigenvalue weighted by Crippen LogP contribution is 2.29. The Morgan fingerprint density at radius 1 is 1.30 bits per heavy atom. The average molecular weight is 389 g/mol. The fourth-order valence-corrected chi connectivity index (χ4v) is 4.55. The molecule has 2 aromatic rings. The van der Waals surface area contributed by atoms with E-state index in [0.717, 1.165) is 30.5 Å². The molecule has 1 amide bonds. The Morgan fingerprint density at radius 3 is 2.85 bits per heavy atom. The van der Waals surface area contributed by atoms with Gasteiger partial charge in [0.05, 0.1) is 18.7 Å². The number of rotatable bonds is 3. The quantitative estimate of drug-likeness (QED) is 0.848. The van der Waals surface area contributed by atoms with Crippen LogP contribution in [0.25, 0.3) is 16.5 Å². The highest BCUT2D eigenvalue weighted by atomic mass is 35.5. The van der Waals surface area contributed by atoms with E-state index in [1.165, 1.54) is 37.1 Å². The molecule has 1 aromatic carbocycles. The molecule has 3 saturated heterocycles. The second-order valence-electron chi connectivity index (χ2n) is 7.60. The first-order chi connectivity index (χ1) is 12.8. The molecule has 7 heteroatoms. The van der Waals surface area contributed by atoms with Gasteiger partial charge in [-0.05, 0) is 61.5 Å². The summed E-state index contributed by atoms with van der Waals surface area (Å²) < 4.78 is 5.38. The third-order valence-corrected chi connectivity index (χ3v) is 6.08. The van der Waals surface area contributed by atoms with Crippen molar-refractivity contribution in [1.82, 2.24) is 20.4 Å². The normalized spacial score (nSPS) is 27.1. The number of carbonyl (C=O) groups is 1. The van der Waals surface area contributed by atoms with Gasteiger partial charge in [0.1, 0.15) is 0 Å². The number of benzene rings is 1. The third-order valence-electron chi connectivity index (χ3n) is 6.08. The van der Waals surface area contributed by atoms with Crippen molar-refractivity contribution in [2.75, 3.05) is 32.8 Å². The van der Waals surface area contributed by atoms with E-state index in [0.29, 0.717) is 18.2 Å². The summed E-state index contributed by atoms with van der Waals surface area (Å²) >= 11 is 0. The van der Waals surface area contributed by atoms with Gasteiger partial charge in [0, 0.05) is 18.0 Å². The summed E-state index contributed by atoms with van der Waals surface area (Å²) in [6.45, 7) is 4.75. The van der Waals surface area contributed by atoms with Gasteiger partial charge in [-0.3, -0.25) is 9.89 Å². The molecule has 144 valence electrons. The molecule has 0 unspecified atom stereocenters. The van der Waals surface area contributed by atoms with Crippen LogP contribution in [0.4, 0.5) is 0 Å². The van der Waals surface area contributed by atoms with Crippen LogP contribution >= 0.6 is 12.4 Å². The van der Waals surface area contributed by atoms with Crippen molar-refractivity contribution < 1.29 is 9.53 Å². The first-order valence-corrected chi connectivity index (χ1v) is 9.56. The molecule has 27 heavy (non-hydrogen) atoms. The second-order valence-corrected chi connectivity index (χ2v) is 7.60. The first-order valence-electron chi connectivity index (χ1n) is 9.56. The van der Waals surface area contributed by atoms with Crippen LogP contribution in [0.15, 0.2) is 24.3 Å². The number of hydrogen-bond donors (Lipinski definition) is 2. The number of aromatic nitrogens is 2. The van der Waals surface area contributed by atoms with Crippen LogP contribution < -0.4 is 5.32 Å². The van der Waals surface area contributed by atoms with Crippen LogP contribution in [0.1, 0.15) is 35.3 Å². The monoisotopic (exact) mass is 388 g/mol. The molecular weight excluding hydrogens is 364 g/mol. The lowest BCUT2D eigenvalue weighted by Gasteiger charge is -2.44. The Morgan fingerprint density at radius 2 is 2.15 bits per heavy atom. The summed E-state index contributed by atoms with van der Waals surface area (Å²) in [5.74, 6) is 0.550. The van der Waals surface area contributed by atoms with Crippen LogP contribution in [0.2, 0.25) is 0 Å². The van der Waals surface area contributed by atoms with E-state index >= 15 is 0 Å². The van der Waals surface area contributed by atoms with Gasteiger partial charge in [-0.15, -0.1) is 12.4 Å². The average Bonchev–Trinajstić information content (AvgIpc) is 3.13. The zero-order chi connectivity index (χ0) is 17.5. The van der Waals surface area contributed by atoms with Gasteiger partial charge in [-0.2, -0.15) is 5.10 Å². The van der Waals surface area contributed by atoms with Crippen LogP contribution in [0.5, 0.6) is 0 Å². The van der Waals surface area contributed by atoms with Crippen molar-refractivity contribution in [3.05, 3.63) is 35.5 Å². The van der Waals surface area contributed by atoms with Gasteiger partial charge < -0.3 is 15.0 Å². The summed E-state index contributed by atoms with van der Waals surface area (Å²) in [6, 6.07) is 6.43. The van der Waals surface area contributed by atoms with Crippen molar-refractivity contribution in [2.24, 2.45) is 5.92 Å². The molecule has 0 spiro atoms. The number of nitrogens with one attached hydrogen (secondary N) is 2. The van der Waals surface area contributed by atoms with E-state index in [-0.39, 0.29) is 24.4 Å². The van der Waals surface area contributed by atoms with Crippen LogP contribution in [-0.2, 0) is 4.74 Å². The van der Waals surface area contributed by atoms with Crippen molar-refractivity contribution >= 4 is 34.8 Å². The van der Waals surface area contributed by atoms with Gasteiger partial charge >= 0.3 is 0 Å². The van der Waals surface area contributed by atoms with E-state index in [4.69, 9.17) is 4.74 Å². The highest BCUT2D eigenvalue weighted by Gasteiger charge is 2.35. The number of amides is 1. The molecule has 2 bridgehead atoms. The number of halogens is 1. The maximum Gasteiger partial charge on any atom is 0.272 e. The minimum atomic E-state index is -0.0620. The number of carbonyl (C=O) groups excluding carboxylic acids is 1. The van der Waals surface area contributed by atoms with Gasteiger partial charge in [0.25, 0.3) is 5.91 Å². The van der Waals surface area contributed by atoms with Crippen LogP contribution in [0, 0.1) is 5.92 Å². The van der Waals surface area contributed by atoms with E-state index in [9.17, 15) is 4.79 Å². The third kappa shape index (κ3) is 3.49. The summed E-state index contributed by atoms with van der Waals surface area (Å²) in [6.07, 6.45) is 5.43. The van der Waals surface area contributed by atoms with Gasteiger partial charge in [-0.1, -0.05) is 12.1 Å². The SMILES string of the molecule is Cl.O=C(N[C@@H]1CN2CCC1CC2)c1n[nH]c2cc(C3=CCOCC3)ccc12. The van der Waals surface area contributed by atoms with Gasteiger partial charge in [0.2, 0.25) is 0 Å². The first kappa shape index (κ1) is 18.5. The Hall–Kier alpha value is -1.89. The lowest BCUT2D eigenvalue weighted by Crippen LogP contribution is -2.57. The number of hydrogen-bond acceptors (Lipinski definition) is 4. The molecule has 0 radical (unpaired) electrons. The number of piperidine rings is 3. The number of H-pyrrole nitrogens is 1. The van der Waals surface area contributed by atoms with Crippen LogP contribution in [0.3, 0.4) is 0 Å². The van der Waals surface area contributed by atoms with Crippen molar-refractivity contribution in [3.63, 3.8) is 0 Å². The summed E-state index contributed by atoms with van der Waals surface area (Å²) in [5, 5.41) is 11.5. The molecule has 4 aliphatic heterocycles. The Labute approximate surface area is 164 Å². The minimum absolute atomic E-state index is 0. The molecule has 3 fully saturated rings. The molecule has 1 atom stereocenters. The maximum absolute atomic E-state index is 12.8. The number of ether oxygens (including phenoxy) is 1. The highest BCUT2D eigenvalue weighted by molar-refractivity contribution is 6.05. The lowest BCUT2D eigenvalue weighted by molar-refractivity contribution is 0.0618. The fraction of sp³-hybridized carbons (Fsp3) is 0.500. The minimum Gasteiger partial charge on any atom is -0.377 e. The predicted octanol–water partition coefficient (Wildman–Crippen LogP) is 2.61. The van der Waals surface area contributed by atoms with Gasteiger partial charge in [0.15, 0.2) is 5.69 Å². The van der Waals surface area contributed by atoms with E-state index in [1.807, 2.05) is 6.07 Å². The fourth-order valence-electron chi connectivity index (χ4n) is 4.55. The lowest BCUT2D eigenvalue weighted by atomic mass is 9.84. The molecule has 0 saturated carbocycles. The Balaban J connectivity index is 0.00000180. The van der Waals surface area contributed by atoms with E-state index < -0.39 is 0 Å². The Kier molecular flexibility index (Phi) is 5.21. The summed E-state index contributed by atoms with van der Waals surface area (Å²) in [4.78, 5) is 15.3. The molecule has 6 rings (SSSR count). The molecule has 4 aliphatic rings. The Bertz CT molecular complexity index is 870. The van der Waals surface area contributed by atoms with Gasteiger partial charge in [-0.25, -0.2) is 0 Å². The topological polar surface area (TPSA) is 70.2 Å². The number of fused-ring (bicyclic) bond motifs is 4. The van der Waals surface area contributed by atoms with Crippen molar-refractivity contribution in [2.45, 2.75) is 25.3 Å². The molecular formula is C20H25ClN4O2. The zero-order valence-corrected chi connectivity index (χ0v) is 16.1. The standard InChI is InChI=1S/C20H24N4O2.ClH/c25-20(21-18-12-24-7-3-14(18)4-8-24)19-16-2-1-15(11-17(16)22-23-19)13-5-9-26-10-6-13;/h1-2,5,11,14,18H,3-4,6-10,12H2,(H,21,25)(H,22,23);1H/t18-;/m1./s1. The van der Waals surface area contributed by atoms with Crippen molar-refractivity contribution in [3.8, 4) is 0 Å². The molecule has 2 N–H and O–H groups in total. The van der Waals surface area contributed by atoms with Crippen molar-refractivity contribution in [1.29, 1.82) is 0 Å². The predicted molar refractivity (Wildman–Crippen MR) is 107 cm³/mol. The molecule has 5 heterocycles. The number of aromatic amines is 1. The summed E-state index contributed by atoms with van der Waals surface area (Å²) in [5.41, 5.74) is 3.89. The van der Waals surface area contributed by atoms with E-state index in [2.05, 4.69) is 38.6 Å². The maximum atomic E-state index is 12.8.